The van der Waals surface area contributed by atoms with Crippen LogP contribution in [-0.2, 0) is 10.1 Å². The molecule has 52 valence electrons. The van der Waals surface area contributed by atoms with Crippen LogP contribution < -0.4 is 18.9 Å². The van der Waals surface area contributed by atoms with E-state index in [9.17, 15) is 13.0 Å². The average molecular weight is 154 g/mol. The molecule has 3 nitrogen and oxygen atoms in total. The van der Waals surface area contributed by atoms with Gasteiger partial charge in [0.05, 0.1) is 0 Å². The normalized spacial score (nSPS) is 10.9. The molecule has 0 spiro atoms. The Kier molecular flexibility index (Phi) is 7.27. The van der Waals surface area contributed by atoms with Crippen LogP contribution in [0.1, 0.15) is 6.42 Å². The molecule has 0 fully saturated rings. The first-order chi connectivity index (χ1) is 4.06. The Bertz CT molecular complexity index is 205. The third kappa shape index (κ3) is 10.9. The van der Waals surface area contributed by atoms with E-state index in [2.05, 4.69) is 6.58 Å². The molecule has 0 aliphatic carbocycles. The van der Waals surface area contributed by atoms with Crippen LogP contribution in [0.2, 0.25) is 0 Å². The van der Waals surface area contributed by atoms with Crippen LogP contribution in [0, 0.1) is 0 Å². The van der Waals surface area contributed by atoms with E-state index in [1.807, 2.05) is 0 Å². The van der Waals surface area contributed by atoms with Crippen LogP contribution in [0.15, 0.2) is 24.1 Å². The van der Waals surface area contributed by atoms with Gasteiger partial charge in [0.1, 0.15) is 10.1 Å². The minimum atomic E-state index is -4.17. The van der Waals surface area contributed by atoms with Crippen LogP contribution in [0.25, 0.3) is 0 Å². The van der Waals surface area contributed by atoms with Crippen molar-refractivity contribution in [3.63, 3.8) is 0 Å². The number of hydrogen-bond donors (Lipinski definition) is 0. The van der Waals surface area contributed by atoms with Crippen molar-refractivity contribution >= 4 is 10.1 Å². The summed E-state index contributed by atoms with van der Waals surface area (Å²) in [7, 11) is -4.17. The molecule has 0 unspecified atom stereocenters. The van der Waals surface area contributed by atoms with Crippen LogP contribution in [0.5, 0.6) is 0 Å². The molecule has 0 bridgehead atoms. The molecule has 0 aromatic heterocycles. The van der Waals surface area contributed by atoms with Gasteiger partial charge in [0, 0.05) is 5.41 Å². The molecule has 5 heteroatoms. The zero-order valence-corrected chi connectivity index (χ0v) is 6.60. The Labute approximate surface area is 72.7 Å². The Morgan fingerprint density at radius 3 is 2.30 bits per heavy atom. The van der Waals surface area contributed by atoms with Crippen molar-refractivity contribution in [2.45, 2.75) is 6.42 Å². The maximum absolute atomic E-state index is 9.83. The van der Waals surface area contributed by atoms with E-state index in [1.54, 1.807) is 0 Å². The van der Waals surface area contributed by atoms with Crippen molar-refractivity contribution in [2.75, 3.05) is 0 Å². The topological polar surface area (TPSA) is 57.2 Å². The molecule has 0 saturated heterocycles. The van der Waals surface area contributed by atoms with E-state index < -0.39 is 10.1 Å². The fraction of sp³-hybridized carbons (Fsp3) is 0.200. The summed E-state index contributed by atoms with van der Waals surface area (Å²) in [6.45, 7) is 3.33. The standard InChI is InChI=1S/C5H8O3S.Li/c1-2-3-4-5-9(6,7)8;/h2,4-5H,1,3H2,(H,6,7,8);/q;+1/p-1. The van der Waals surface area contributed by atoms with Crippen molar-refractivity contribution < 1.29 is 31.8 Å². The fourth-order valence-electron chi connectivity index (χ4n) is 0.270. The van der Waals surface area contributed by atoms with Gasteiger partial charge in [0.15, 0.2) is 0 Å². The van der Waals surface area contributed by atoms with Gasteiger partial charge in [-0.2, -0.15) is 0 Å². The number of hydrogen-bond acceptors (Lipinski definition) is 3. The zero-order chi connectivity index (χ0) is 7.33. The van der Waals surface area contributed by atoms with E-state index in [4.69, 9.17) is 0 Å². The first-order valence-electron chi connectivity index (χ1n) is 2.29. The molecule has 0 N–H and O–H groups in total. The third-order valence-electron chi connectivity index (χ3n) is 0.566. The molecule has 0 aromatic carbocycles. The molecule has 10 heavy (non-hydrogen) atoms. The average Bonchev–Trinajstić information content (AvgIpc) is 1.63. The van der Waals surface area contributed by atoms with Gasteiger partial charge in [0.2, 0.25) is 0 Å². The van der Waals surface area contributed by atoms with Crippen molar-refractivity contribution in [2.24, 2.45) is 0 Å². The number of rotatable bonds is 3. The monoisotopic (exact) mass is 154 g/mol. The van der Waals surface area contributed by atoms with Gasteiger partial charge in [-0.25, -0.2) is 8.42 Å². The Morgan fingerprint density at radius 2 is 2.00 bits per heavy atom. The second kappa shape index (κ2) is 5.75. The maximum atomic E-state index is 9.83. The van der Waals surface area contributed by atoms with Gasteiger partial charge in [-0.15, -0.1) is 6.58 Å². The second-order valence-electron chi connectivity index (χ2n) is 1.39. The van der Waals surface area contributed by atoms with E-state index in [0.29, 0.717) is 11.8 Å². The predicted molar refractivity (Wildman–Crippen MR) is 33.7 cm³/mol. The fourth-order valence-corrected chi connectivity index (χ4v) is 0.616. The smallest absolute Gasteiger partial charge is 0.744 e. The van der Waals surface area contributed by atoms with Crippen LogP contribution >= 0.6 is 0 Å². The van der Waals surface area contributed by atoms with E-state index in [1.165, 1.54) is 12.2 Å². The molecule has 0 atom stereocenters. The molecule has 0 heterocycles. The van der Waals surface area contributed by atoms with E-state index in [-0.39, 0.29) is 18.9 Å². The van der Waals surface area contributed by atoms with Crippen LogP contribution in [-0.4, -0.2) is 13.0 Å². The molecule has 0 rings (SSSR count). The summed E-state index contributed by atoms with van der Waals surface area (Å²) in [4.78, 5) is 0. The molecule has 0 amide bonds. The summed E-state index contributed by atoms with van der Waals surface area (Å²) in [6.07, 6.45) is 3.15. The van der Waals surface area contributed by atoms with E-state index >= 15 is 0 Å². The van der Waals surface area contributed by atoms with Gasteiger partial charge < -0.3 is 4.55 Å². The summed E-state index contributed by atoms with van der Waals surface area (Å²) in [5.74, 6) is 0. The van der Waals surface area contributed by atoms with Crippen LogP contribution in [0.4, 0.5) is 0 Å². The first-order valence-corrected chi connectivity index (χ1v) is 3.77. The molecular weight excluding hydrogens is 147 g/mol. The van der Waals surface area contributed by atoms with Gasteiger partial charge in [-0.1, -0.05) is 12.2 Å². The van der Waals surface area contributed by atoms with Gasteiger partial charge in [0.25, 0.3) is 0 Å². The summed E-state index contributed by atoms with van der Waals surface area (Å²) < 4.78 is 29.5. The molecule has 0 saturated carbocycles. The molecule has 0 aromatic rings. The molecular formula is C5H7LiO3S. The van der Waals surface area contributed by atoms with Gasteiger partial charge in [-0.05, 0) is 6.42 Å². The van der Waals surface area contributed by atoms with E-state index in [0.717, 1.165) is 0 Å². The Balaban J connectivity index is 0. The maximum Gasteiger partial charge on any atom is 1.00 e. The number of allylic oxidation sites excluding steroid dienone is 2. The molecule has 0 radical (unpaired) electrons. The Hall–Kier alpha value is -0.0126. The zero-order valence-electron chi connectivity index (χ0n) is 5.78. The first kappa shape index (κ1) is 12.6. The van der Waals surface area contributed by atoms with Crippen molar-refractivity contribution in [1.82, 2.24) is 0 Å². The minimum Gasteiger partial charge on any atom is -0.744 e. The minimum absolute atomic E-state index is 0. The van der Waals surface area contributed by atoms with Gasteiger partial charge in [-0.3, -0.25) is 0 Å². The van der Waals surface area contributed by atoms with Crippen molar-refractivity contribution in [3.05, 3.63) is 24.1 Å². The van der Waals surface area contributed by atoms with Gasteiger partial charge >= 0.3 is 18.9 Å². The summed E-state index contributed by atoms with van der Waals surface area (Å²) in [6, 6.07) is 0. The quantitative estimate of drug-likeness (QED) is 0.259. The summed E-state index contributed by atoms with van der Waals surface area (Å²) >= 11 is 0. The largest absolute Gasteiger partial charge is 1.00 e. The van der Waals surface area contributed by atoms with Crippen molar-refractivity contribution in [3.8, 4) is 0 Å². The Morgan fingerprint density at radius 1 is 1.50 bits per heavy atom. The predicted octanol–water partition coefficient (Wildman–Crippen LogP) is -2.37. The molecule has 0 aliphatic heterocycles. The van der Waals surface area contributed by atoms with Crippen molar-refractivity contribution in [1.29, 1.82) is 0 Å². The van der Waals surface area contributed by atoms with Crippen LogP contribution in [0.3, 0.4) is 0 Å². The summed E-state index contributed by atoms with van der Waals surface area (Å²) in [5, 5.41) is 0.620. The SMILES string of the molecule is C=CCC=CS(=O)(=O)[O-].[Li+]. The molecule has 0 aliphatic rings. The summed E-state index contributed by atoms with van der Waals surface area (Å²) in [5.41, 5.74) is 0. The second-order valence-corrected chi connectivity index (χ2v) is 2.65. The third-order valence-corrected chi connectivity index (χ3v) is 1.09.